The fraction of sp³-hybridized carbons (Fsp3) is 0.0833. The van der Waals surface area contributed by atoms with Crippen LogP contribution < -0.4 is 0 Å². The van der Waals surface area contributed by atoms with Crippen LogP contribution in [0.15, 0.2) is 50.9 Å². The van der Waals surface area contributed by atoms with Gasteiger partial charge in [0.25, 0.3) is 5.69 Å². The number of nitro benzene ring substituents is 1. The second-order valence-electron chi connectivity index (χ2n) is 3.85. The third kappa shape index (κ3) is 3.94. The Morgan fingerprint density at radius 1 is 1.24 bits per heavy atom. The highest BCUT2D eigenvalue weighted by atomic mass is 79.9. The molecule has 0 fully saturated rings. The number of hydrogen-bond donors (Lipinski definition) is 0. The number of halogens is 4. The van der Waals surface area contributed by atoms with Crippen LogP contribution in [0.2, 0.25) is 0 Å². The van der Waals surface area contributed by atoms with Crippen molar-refractivity contribution in [3.8, 4) is 0 Å². The van der Waals surface area contributed by atoms with Crippen molar-refractivity contribution in [3.63, 3.8) is 0 Å². The Morgan fingerprint density at radius 3 is 2.48 bits per heavy atom. The number of rotatable bonds is 3. The van der Waals surface area contributed by atoms with Crippen molar-refractivity contribution in [1.29, 1.82) is 0 Å². The van der Waals surface area contributed by atoms with E-state index in [0.29, 0.717) is 15.6 Å². The number of benzene rings is 1. The summed E-state index contributed by atoms with van der Waals surface area (Å²) in [6.07, 6.45) is -3.76. The number of nitro groups is 1. The molecule has 0 unspecified atom stereocenters. The first-order chi connectivity index (χ1) is 9.77. The number of hydrogen-bond acceptors (Lipinski definition) is 4. The van der Waals surface area contributed by atoms with Gasteiger partial charge in [-0.2, -0.15) is 13.2 Å². The smallest absolute Gasteiger partial charge is 0.258 e. The second kappa shape index (κ2) is 6.02. The quantitative estimate of drug-likeness (QED) is 0.561. The van der Waals surface area contributed by atoms with Gasteiger partial charge in [-0.15, -0.1) is 0 Å². The Kier molecular flexibility index (Phi) is 4.52. The fourth-order valence-corrected chi connectivity index (χ4v) is 2.63. The van der Waals surface area contributed by atoms with Gasteiger partial charge in [-0.3, -0.25) is 10.1 Å². The van der Waals surface area contributed by atoms with E-state index in [-0.39, 0.29) is 10.7 Å². The van der Waals surface area contributed by atoms with Gasteiger partial charge in [0, 0.05) is 16.7 Å². The average Bonchev–Trinajstić information content (AvgIpc) is 2.40. The topological polar surface area (TPSA) is 56.0 Å². The molecule has 0 aliphatic heterocycles. The van der Waals surface area contributed by atoms with Crippen LogP contribution in [0.1, 0.15) is 5.56 Å². The lowest BCUT2D eigenvalue weighted by atomic mass is 10.3. The van der Waals surface area contributed by atoms with Gasteiger partial charge in [-0.25, -0.2) is 4.98 Å². The molecule has 0 bridgehead atoms. The summed E-state index contributed by atoms with van der Waals surface area (Å²) in [5.41, 5.74) is -1.01. The maximum atomic E-state index is 12.4. The van der Waals surface area contributed by atoms with Crippen molar-refractivity contribution in [2.75, 3.05) is 0 Å². The van der Waals surface area contributed by atoms with Crippen LogP contribution in [0.25, 0.3) is 0 Å². The third-order valence-corrected chi connectivity index (χ3v) is 3.90. The zero-order valence-corrected chi connectivity index (χ0v) is 12.5. The van der Waals surface area contributed by atoms with Gasteiger partial charge in [0.1, 0.15) is 5.03 Å². The van der Waals surface area contributed by atoms with Gasteiger partial charge in [-0.05, 0) is 24.3 Å². The predicted octanol–water partition coefficient (Wildman–Crippen LogP) is 4.92. The van der Waals surface area contributed by atoms with E-state index in [1.807, 2.05) is 0 Å². The molecule has 9 heteroatoms. The molecule has 0 radical (unpaired) electrons. The minimum atomic E-state index is -4.46. The number of aromatic nitrogens is 1. The SMILES string of the molecule is O=[N+]([O-])c1cc(Br)ccc1Sc1ccc(C(F)(F)F)cn1. The van der Waals surface area contributed by atoms with Gasteiger partial charge < -0.3 is 0 Å². The van der Waals surface area contributed by atoms with E-state index in [2.05, 4.69) is 20.9 Å². The molecule has 110 valence electrons. The van der Waals surface area contributed by atoms with E-state index in [1.54, 1.807) is 6.07 Å². The van der Waals surface area contributed by atoms with Gasteiger partial charge >= 0.3 is 6.18 Å². The monoisotopic (exact) mass is 378 g/mol. The van der Waals surface area contributed by atoms with Crippen molar-refractivity contribution < 1.29 is 18.1 Å². The normalized spacial score (nSPS) is 11.4. The molecule has 21 heavy (non-hydrogen) atoms. The summed E-state index contributed by atoms with van der Waals surface area (Å²) < 4.78 is 37.8. The minimum Gasteiger partial charge on any atom is -0.258 e. The lowest BCUT2D eigenvalue weighted by Gasteiger charge is -2.07. The summed E-state index contributed by atoms with van der Waals surface area (Å²) in [6, 6.07) is 6.51. The highest BCUT2D eigenvalue weighted by Crippen LogP contribution is 2.36. The second-order valence-corrected chi connectivity index (χ2v) is 5.83. The molecule has 0 atom stereocenters. The molecular weight excluding hydrogens is 373 g/mol. The highest BCUT2D eigenvalue weighted by Gasteiger charge is 2.30. The lowest BCUT2D eigenvalue weighted by Crippen LogP contribution is -2.05. The molecule has 0 saturated heterocycles. The first kappa shape index (κ1) is 15.8. The Bertz CT molecular complexity index is 677. The van der Waals surface area contributed by atoms with E-state index in [1.165, 1.54) is 18.2 Å². The number of pyridine rings is 1. The maximum Gasteiger partial charge on any atom is 0.417 e. The molecule has 2 rings (SSSR count). The molecule has 0 N–H and O–H groups in total. The summed E-state index contributed by atoms with van der Waals surface area (Å²) in [5, 5.41) is 11.2. The Balaban J connectivity index is 2.28. The van der Waals surface area contributed by atoms with Crippen LogP contribution in [0.4, 0.5) is 18.9 Å². The standard InChI is InChI=1S/C12H6BrF3N2O2S/c13-8-2-3-10(9(5-8)18(19)20)21-11-4-1-7(6-17-11)12(14,15)16/h1-6H. The number of nitrogens with zero attached hydrogens (tertiary/aromatic N) is 2. The Labute approximate surface area is 129 Å². The van der Waals surface area contributed by atoms with Crippen LogP contribution in [0.3, 0.4) is 0 Å². The Hall–Kier alpha value is -1.61. The van der Waals surface area contributed by atoms with E-state index in [9.17, 15) is 23.3 Å². The van der Waals surface area contributed by atoms with E-state index in [0.717, 1.165) is 17.8 Å². The summed E-state index contributed by atoms with van der Waals surface area (Å²) in [4.78, 5) is 14.4. The lowest BCUT2D eigenvalue weighted by molar-refractivity contribution is -0.387. The summed E-state index contributed by atoms with van der Waals surface area (Å²) in [6.45, 7) is 0. The largest absolute Gasteiger partial charge is 0.417 e. The van der Waals surface area contributed by atoms with E-state index >= 15 is 0 Å². The summed E-state index contributed by atoms with van der Waals surface area (Å²) in [5.74, 6) is 0. The molecule has 2 aromatic rings. The predicted molar refractivity (Wildman–Crippen MR) is 74.2 cm³/mol. The van der Waals surface area contributed by atoms with E-state index in [4.69, 9.17) is 0 Å². The molecule has 1 aromatic carbocycles. The minimum absolute atomic E-state index is 0.143. The van der Waals surface area contributed by atoms with Crippen molar-refractivity contribution in [2.45, 2.75) is 16.1 Å². The molecule has 1 aromatic heterocycles. The summed E-state index contributed by atoms with van der Waals surface area (Å²) >= 11 is 4.06. The average molecular weight is 379 g/mol. The fourth-order valence-electron chi connectivity index (χ4n) is 1.44. The maximum absolute atomic E-state index is 12.4. The zero-order valence-electron chi connectivity index (χ0n) is 10.1. The zero-order chi connectivity index (χ0) is 15.6. The number of alkyl halides is 3. The first-order valence-corrected chi connectivity index (χ1v) is 7.03. The van der Waals surface area contributed by atoms with Gasteiger partial charge in [0.2, 0.25) is 0 Å². The third-order valence-electron chi connectivity index (χ3n) is 2.40. The van der Waals surface area contributed by atoms with Crippen LogP contribution in [0, 0.1) is 10.1 Å². The molecule has 4 nitrogen and oxygen atoms in total. The molecule has 1 heterocycles. The van der Waals surface area contributed by atoms with Gasteiger partial charge in [0.15, 0.2) is 0 Å². The van der Waals surface area contributed by atoms with Crippen LogP contribution in [-0.4, -0.2) is 9.91 Å². The van der Waals surface area contributed by atoms with Gasteiger partial charge in [-0.1, -0.05) is 27.7 Å². The molecule has 0 spiro atoms. The highest BCUT2D eigenvalue weighted by molar-refractivity contribution is 9.10. The molecular formula is C12H6BrF3N2O2S. The first-order valence-electron chi connectivity index (χ1n) is 5.42. The molecule has 0 aliphatic carbocycles. The Morgan fingerprint density at radius 2 is 1.95 bits per heavy atom. The van der Waals surface area contributed by atoms with Crippen molar-refractivity contribution in [1.82, 2.24) is 4.98 Å². The van der Waals surface area contributed by atoms with E-state index < -0.39 is 16.7 Å². The molecule has 0 amide bonds. The summed E-state index contributed by atoms with van der Waals surface area (Å²) in [7, 11) is 0. The van der Waals surface area contributed by atoms with Crippen LogP contribution in [0.5, 0.6) is 0 Å². The van der Waals surface area contributed by atoms with Crippen LogP contribution in [-0.2, 0) is 6.18 Å². The molecule has 0 saturated carbocycles. The van der Waals surface area contributed by atoms with Crippen molar-refractivity contribution in [2.24, 2.45) is 0 Å². The van der Waals surface area contributed by atoms with Crippen LogP contribution >= 0.6 is 27.7 Å². The van der Waals surface area contributed by atoms with Crippen molar-refractivity contribution >= 4 is 33.4 Å². The van der Waals surface area contributed by atoms with Gasteiger partial charge in [0.05, 0.1) is 15.4 Å². The van der Waals surface area contributed by atoms with Crippen molar-refractivity contribution in [3.05, 3.63) is 56.7 Å². The molecule has 0 aliphatic rings.